The molecular formula is C18H24Cl2N4O2S. The van der Waals surface area contributed by atoms with Crippen LogP contribution in [0.3, 0.4) is 0 Å². The molecule has 0 saturated heterocycles. The second-order valence-corrected chi connectivity index (χ2v) is 8.90. The van der Waals surface area contributed by atoms with E-state index in [0.29, 0.717) is 34.1 Å². The van der Waals surface area contributed by atoms with E-state index >= 15 is 0 Å². The van der Waals surface area contributed by atoms with Crippen molar-refractivity contribution in [3.05, 3.63) is 51.8 Å². The molecule has 0 radical (unpaired) electrons. The minimum absolute atomic E-state index is 0.328. The van der Waals surface area contributed by atoms with Crippen LogP contribution in [0.1, 0.15) is 18.2 Å². The largest absolute Gasteiger partial charge is 0.357 e. The third-order valence-corrected chi connectivity index (χ3v) is 5.99. The van der Waals surface area contributed by atoms with Gasteiger partial charge in [-0.05, 0) is 37.1 Å². The second-order valence-electron chi connectivity index (χ2n) is 6.12. The van der Waals surface area contributed by atoms with Gasteiger partial charge in [-0.25, -0.2) is 13.4 Å². The van der Waals surface area contributed by atoms with Gasteiger partial charge in [0.25, 0.3) is 0 Å². The topological polar surface area (TPSA) is 75.5 Å². The van der Waals surface area contributed by atoms with Gasteiger partial charge in [0.15, 0.2) is 15.8 Å². The van der Waals surface area contributed by atoms with Gasteiger partial charge in [0.2, 0.25) is 0 Å². The first kappa shape index (κ1) is 21.6. The molecule has 6 nitrogen and oxygen atoms in total. The van der Waals surface area contributed by atoms with E-state index in [9.17, 15) is 8.42 Å². The first-order valence-corrected chi connectivity index (χ1v) is 11.2. The summed E-state index contributed by atoms with van der Waals surface area (Å²) in [5.41, 5.74) is 1.96. The monoisotopic (exact) mass is 430 g/mol. The molecule has 9 heteroatoms. The molecule has 0 atom stereocenters. The lowest BCUT2D eigenvalue weighted by Gasteiger charge is -2.12. The quantitative estimate of drug-likeness (QED) is 0.522. The first-order valence-electron chi connectivity index (χ1n) is 8.53. The number of hydrogen-bond acceptors (Lipinski definition) is 3. The maximum atomic E-state index is 11.5. The molecule has 0 spiro atoms. The van der Waals surface area contributed by atoms with E-state index in [1.165, 1.54) is 6.26 Å². The molecule has 2 N–H and O–H groups in total. The maximum Gasteiger partial charge on any atom is 0.191 e. The van der Waals surface area contributed by atoms with Gasteiger partial charge >= 0.3 is 0 Å². The Bertz CT molecular complexity index is 906. The van der Waals surface area contributed by atoms with E-state index < -0.39 is 9.84 Å². The van der Waals surface area contributed by atoms with Gasteiger partial charge in [-0.15, -0.1) is 0 Å². The summed E-state index contributed by atoms with van der Waals surface area (Å²) in [5.74, 6) is 0.693. The Morgan fingerprint density at radius 2 is 1.85 bits per heavy atom. The van der Waals surface area contributed by atoms with Crippen molar-refractivity contribution in [1.82, 2.24) is 15.2 Å². The van der Waals surface area contributed by atoms with Crippen LogP contribution in [0, 0.1) is 0 Å². The summed E-state index contributed by atoms with van der Waals surface area (Å²) in [6.45, 7) is 3.85. The van der Waals surface area contributed by atoms with Crippen molar-refractivity contribution in [2.24, 2.45) is 12.0 Å². The Balaban J connectivity index is 1.94. The molecular weight excluding hydrogens is 407 g/mol. The number of guanidine groups is 1. The number of halogens is 2. The fraction of sp³-hybridized carbons (Fsp3) is 0.389. The minimum atomic E-state index is -3.17. The van der Waals surface area contributed by atoms with Crippen LogP contribution in [0.25, 0.3) is 0 Å². The van der Waals surface area contributed by atoms with Gasteiger partial charge in [-0.2, -0.15) is 0 Å². The van der Waals surface area contributed by atoms with Gasteiger partial charge in [0, 0.05) is 32.1 Å². The molecule has 0 unspecified atom stereocenters. The van der Waals surface area contributed by atoms with Crippen LogP contribution in [0.4, 0.5) is 0 Å². The van der Waals surface area contributed by atoms with Gasteiger partial charge in [0.05, 0.1) is 16.5 Å². The van der Waals surface area contributed by atoms with Crippen LogP contribution in [-0.4, -0.2) is 38.3 Å². The Morgan fingerprint density at radius 1 is 1.19 bits per heavy atom. The van der Waals surface area contributed by atoms with Gasteiger partial charge in [0.1, 0.15) is 5.15 Å². The SMILES string of the molecule is CCNC(=NCc1cc(Cl)c(Cl)n1C)NCCc1ccc(S(C)(=O)=O)cc1. The summed E-state index contributed by atoms with van der Waals surface area (Å²) < 4.78 is 24.8. The Kier molecular flexibility index (Phi) is 7.59. The maximum absolute atomic E-state index is 11.5. The zero-order valence-corrected chi connectivity index (χ0v) is 17.9. The first-order chi connectivity index (χ1) is 12.7. The Labute approximate surface area is 170 Å². The summed E-state index contributed by atoms with van der Waals surface area (Å²) in [6, 6.07) is 8.73. The van der Waals surface area contributed by atoms with E-state index in [0.717, 1.165) is 24.2 Å². The van der Waals surface area contributed by atoms with Crippen LogP contribution in [-0.2, 0) is 29.9 Å². The predicted octanol–water partition coefficient (Wildman–Crippen LogP) is 3.03. The molecule has 0 aliphatic carbocycles. The summed E-state index contributed by atoms with van der Waals surface area (Å²) in [6.07, 6.45) is 1.95. The third kappa shape index (κ3) is 6.16. The van der Waals surface area contributed by atoms with Crippen molar-refractivity contribution in [2.45, 2.75) is 24.8 Å². The molecule has 1 heterocycles. The lowest BCUT2D eigenvalue weighted by Crippen LogP contribution is -2.38. The number of nitrogens with zero attached hydrogens (tertiary/aromatic N) is 2. The lowest BCUT2D eigenvalue weighted by molar-refractivity contribution is 0.602. The van der Waals surface area contributed by atoms with Crippen molar-refractivity contribution < 1.29 is 8.42 Å². The molecule has 2 rings (SSSR count). The number of aliphatic imine (C=N–C) groups is 1. The van der Waals surface area contributed by atoms with Crippen LogP contribution >= 0.6 is 23.2 Å². The lowest BCUT2D eigenvalue weighted by atomic mass is 10.1. The van der Waals surface area contributed by atoms with Gasteiger partial charge in [-0.3, -0.25) is 0 Å². The average Bonchev–Trinajstić information content (AvgIpc) is 2.86. The highest BCUT2D eigenvalue weighted by atomic mass is 35.5. The number of sulfone groups is 1. The van der Waals surface area contributed by atoms with Gasteiger partial charge in [-0.1, -0.05) is 35.3 Å². The fourth-order valence-electron chi connectivity index (χ4n) is 2.47. The van der Waals surface area contributed by atoms with Crippen LogP contribution in [0.2, 0.25) is 10.2 Å². The summed E-state index contributed by atoms with van der Waals surface area (Å²) in [4.78, 5) is 4.88. The van der Waals surface area contributed by atoms with E-state index in [1.807, 2.05) is 26.1 Å². The highest BCUT2D eigenvalue weighted by Gasteiger charge is 2.09. The molecule has 148 valence electrons. The molecule has 0 aliphatic heterocycles. The zero-order chi connectivity index (χ0) is 20.0. The molecule has 27 heavy (non-hydrogen) atoms. The smallest absolute Gasteiger partial charge is 0.191 e. The molecule has 0 saturated carbocycles. The number of benzene rings is 1. The van der Waals surface area contributed by atoms with Gasteiger partial charge < -0.3 is 15.2 Å². The van der Waals surface area contributed by atoms with Crippen molar-refractivity contribution in [1.29, 1.82) is 0 Å². The van der Waals surface area contributed by atoms with Crippen LogP contribution in [0.15, 0.2) is 40.2 Å². The van der Waals surface area contributed by atoms with E-state index in [-0.39, 0.29) is 0 Å². The van der Waals surface area contributed by atoms with E-state index in [2.05, 4.69) is 15.6 Å². The summed E-state index contributed by atoms with van der Waals surface area (Å²) in [7, 11) is -1.32. The summed E-state index contributed by atoms with van der Waals surface area (Å²) in [5, 5.41) is 7.48. The number of aromatic nitrogens is 1. The second kappa shape index (κ2) is 9.48. The molecule has 1 aromatic heterocycles. The van der Waals surface area contributed by atoms with Crippen LogP contribution < -0.4 is 10.6 Å². The minimum Gasteiger partial charge on any atom is -0.357 e. The average molecular weight is 431 g/mol. The fourth-order valence-corrected chi connectivity index (χ4v) is 3.52. The molecule has 0 amide bonds. The normalized spacial score (nSPS) is 12.3. The van der Waals surface area contributed by atoms with Crippen molar-refractivity contribution in [2.75, 3.05) is 19.3 Å². The number of hydrogen-bond donors (Lipinski definition) is 2. The predicted molar refractivity (Wildman–Crippen MR) is 112 cm³/mol. The molecule has 1 aromatic carbocycles. The van der Waals surface area contributed by atoms with Crippen molar-refractivity contribution >= 4 is 39.0 Å². The van der Waals surface area contributed by atoms with Crippen LogP contribution in [0.5, 0.6) is 0 Å². The molecule has 0 aliphatic rings. The number of nitrogens with one attached hydrogen (secondary N) is 2. The van der Waals surface area contributed by atoms with Crippen molar-refractivity contribution in [3.63, 3.8) is 0 Å². The molecule has 0 fully saturated rings. The third-order valence-electron chi connectivity index (χ3n) is 4.02. The molecule has 2 aromatic rings. The highest BCUT2D eigenvalue weighted by Crippen LogP contribution is 2.25. The van der Waals surface area contributed by atoms with E-state index in [1.54, 1.807) is 22.8 Å². The van der Waals surface area contributed by atoms with Crippen molar-refractivity contribution in [3.8, 4) is 0 Å². The Hall–Kier alpha value is -1.70. The number of rotatable bonds is 7. The zero-order valence-electron chi connectivity index (χ0n) is 15.6. The standard InChI is InChI=1S/C18H24Cl2N4O2S/c1-4-21-18(23-12-14-11-16(19)17(20)24(14)2)22-10-9-13-5-7-15(8-6-13)27(3,25)26/h5-8,11H,4,9-10,12H2,1-3H3,(H2,21,22,23). The summed E-state index contributed by atoms with van der Waals surface area (Å²) >= 11 is 12.1. The highest BCUT2D eigenvalue weighted by molar-refractivity contribution is 7.90. The molecule has 0 bridgehead atoms. The Morgan fingerprint density at radius 3 is 2.37 bits per heavy atom. The van der Waals surface area contributed by atoms with E-state index in [4.69, 9.17) is 23.2 Å².